The molecule has 1 saturated heterocycles. The van der Waals surface area contributed by atoms with E-state index in [1.54, 1.807) is 0 Å². The first kappa shape index (κ1) is 16.9. The van der Waals surface area contributed by atoms with Gasteiger partial charge in [0.05, 0.1) is 0 Å². The summed E-state index contributed by atoms with van der Waals surface area (Å²) in [5.74, 6) is -0.176. The van der Waals surface area contributed by atoms with Crippen LogP contribution in [0.4, 0.5) is 26.4 Å². The van der Waals surface area contributed by atoms with Crippen molar-refractivity contribution in [3.8, 4) is 0 Å². The molecule has 0 spiro atoms. The number of nitrogens with one attached hydrogen (secondary N) is 2. The fourth-order valence-corrected chi connectivity index (χ4v) is 3.99. The first-order valence-electron chi connectivity index (χ1n) is 9.86. The lowest BCUT2D eigenvalue weighted by molar-refractivity contribution is -0.00592. The van der Waals surface area contributed by atoms with E-state index in [0.29, 0.717) is 35.0 Å². The van der Waals surface area contributed by atoms with E-state index < -0.39 is 5.92 Å². The second kappa shape index (κ2) is 6.14. The van der Waals surface area contributed by atoms with E-state index in [4.69, 9.17) is 0 Å². The fraction of sp³-hybridized carbons (Fsp3) is 0.632. The van der Waals surface area contributed by atoms with Crippen molar-refractivity contribution in [2.75, 3.05) is 23.3 Å². The molecule has 3 aliphatic rings. The topological polar surface area (TPSA) is 69.7 Å². The van der Waals surface area contributed by atoms with Crippen LogP contribution in [0.15, 0.2) is 6.07 Å². The number of fused-ring (bicyclic) bond motifs is 1. The SMILES string of the molecule is CC1CCN(c2nc(Nc3cc(C4CC4)[nH]n3)c3c(n2)C(F)(F)CC3)CC1. The summed E-state index contributed by atoms with van der Waals surface area (Å²) in [7, 11) is 0. The van der Waals surface area contributed by atoms with Gasteiger partial charge in [-0.15, -0.1) is 0 Å². The van der Waals surface area contributed by atoms with Crippen molar-refractivity contribution in [2.45, 2.75) is 57.3 Å². The van der Waals surface area contributed by atoms with Crippen molar-refractivity contribution in [1.82, 2.24) is 20.2 Å². The van der Waals surface area contributed by atoms with Gasteiger partial charge in [-0.2, -0.15) is 18.9 Å². The third kappa shape index (κ3) is 3.15. The molecule has 0 unspecified atom stereocenters. The van der Waals surface area contributed by atoms with E-state index in [9.17, 15) is 8.78 Å². The summed E-state index contributed by atoms with van der Waals surface area (Å²) in [5, 5.41) is 10.5. The molecule has 2 aromatic rings. The van der Waals surface area contributed by atoms with Gasteiger partial charge in [-0.25, -0.2) is 4.98 Å². The van der Waals surface area contributed by atoms with Crippen LogP contribution >= 0.6 is 0 Å². The molecule has 2 aliphatic carbocycles. The van der Waals surface area contributed by atoms with E-state index in [-0.39, 0.29) is 18.5 Å². The first-order chi connectivity index (χ1) is 13.0. The number of hydrogen-bond donors (Lipinski definition) is 2. The Kier molecular flexibility index (Phi) is 3.84. The van der Waals surface area contributed by atoms with Gasteiger partial charge in [-0.1, -0.05) is 6.92 Å². The molecule has 0 radical (unpaired) electrons. The molecule has 0 amide bonds. The highest BCUT2D eigenvalue weighted by molar-refractivity contribution is 5.61. The first-order valence-corrected chi connectivity index (χ1v) is 9.86. The van der Waals surface area contributed by atoms with Gasteiger partial charge in [0, 0.05) is 42.8 Å². The number of aromatic amines is 1. The van der Waals surface area contributed by atoms with Crippen molar-refractivity contribution >= 4 is 17.6 Å². The van der Waals surface area contributed by atoms with Crippen LogP contribution in [-0.2, 0) is 12.3 Å². The third-order valence-electron chi connectivity index (χ3n) is 5.96. The van der Waals surface area contributed by atoms with Crippen LogP contribution in [0.3, 0.4) is 0 Å². The van der Waals surface area contributed by atoms with Crippen molar-refractivity contribution < 1.29 is 8.78 Å². The van der Waals surface area contributed by atoms with Crippen LogP contribution in [0.5, 0.6) is 0 Å². The summed E-state index contributed by atoms with van der Waals surface area (Å²) in [6.45, 7) is 3.83. The van der Waals surface area contributed by atoms with Gasteiger partial charge < -0.3 is 10.2 Å². The Bertz CT molecular complexity index is 852. The molecule has 8 heteroatoms. The van der Waals surface area contributed by atoms with Gasteiger partial charge in [0.25, 0.3) is 5.92 Å². The number of nitrogens with zero attached hydrogens (tertiary/aromatic N) is 4. The molecular formula is C19H24F2N6. The standard InChI is InChI=1S/C19H24F2N6/c1-11-5-8-27(9-6-11)18-23-16-13(4-7-19(16,20)21)17(24-18)22-15-10-14(25-26-15)12-2-3-12/h10-12H,2-9H2,1H3,(H2,22,23,24,25,26). The largest absolute Gasteiger partial charge is 0.341 e. The maximum Gasteiger partial charge on any atom is 0.290 e. The number of aromatic nitrogens is 4. The van der Waals surface area contributed by atoms with Gasteiger partial charge in [-0.3, -0.25) is 5.10 Å². The molecular weight excluding hydrogens is 350 g/mol. The third-order valence-corrected chi connectivity index (χ3v) is 5.96. The molecule has 0 bridgehead atoms. The average Bonchev–Trinajstić information content (AvgIpc) is 3.32. The molecule has 1 saturated carbocycles. The minimum absolute atomic E-state index is 0.119. The summed E-state index contributed by atoms with van der Waals surface area (Å²) >= 11 is 0. The van der Waals surface area contributed by atoms with Gasteiger partial charge >= 0.3 is 0 Å². The minimum atomic E-state index is -2.89. The van der Waals surface area contributed by atoms with Crippen LogP contribution in [0, 0.1) is 5.92 Å². The quantitative estimate of drug-likeness (QED) is 0.843. The Balaban J connectivity index is 1.49. The van der Waals surface area contributed by atoms with Crippen LogP contribution in [0.1, 0.15) is 61.9 Å². The Hall–Kier alpha value is -2.25. The summed E-state index contributed by atoms with van der Waals surface area (Å²) < 4.78 is 28.9. The van der Waals surface area contributed by atoms with Crippen LogP contribution in [-0.4, -0.2) is 33.3 Å². The maximum absolute atomic E-state index is 14.4. The Morgan fingerprint density at radius 1 is 1.19 bits per heavy atom. The number of H-pyrrole nitrogens is 1. The van der Waals surface area contributed by atoms with Crippen molar-refractivity contribution in [1.29, 1.82) is 0 Å². The van der Waals surface area contributed by atoms with Gasteiger partial charge in [-0.05, 0) is 38.0 Å². The summed E-state index contributed by atoms with van der Waals surface area (Å²) in [5.41, 5.74) is 1.50. The monoisotopic (exact) mass is 374 g/mol. The second-order valence-electron chi connectivity index (χ2n) is 8.18. The highest BCUT2D eigenvalue weighted by atomic mass is 19.3. The van der Waals surface area contributed by atoms with Crippen LogP contribution < -0.4 is 10.2 Å². The normalized spacial score (nSPS) is 22.1. The fourth-order valence-electron chi connectivity index (χ4n) is 3.99. The van der Waals surface area contributed by atoms with Crippen molar-refractivity contribution in [2.24, 2.45) is 5.92 Å². The molecule has 5 rings (SSSR count). The zero-order chi connectivity index (χ0) is 18.6. The number of halogens is 2. The number of rotatable bonds is 4. The Morgan fingerprint density at radius 3 is 2.70 bits per heavy atom. The molecule has 0 atom stereocenters. The van der Waals surface area contributed by atoms with Crippen LogP contribution in [0.2, 0.25) is 0 Å². The van der Waals surface area contributed by atoms with Crippen molar-refractivity contribution in [3.63, 3.8) is 0 Å². The smallest absolute Gasteiger partial charge is 0.290 e. The maximum atomic E-state index is 14.4. The Morgan fingerprint density at radius 2 is 1.96 bits per heavy atom. The second-order valence-corrected chi connectivity index (χ2v) is 8.18. The number of anilines is 3. The highest BCUT2D eigenvalue weighted by Gasteiger charge is 2.43. The molecule has 2 aromatic heterocycles. The lowest BCUT2D eigenvalue weighted by Crippen LogP contribution is -2.34. The van der Waals surface area contributed by atoms with Crippen LogP contribution in [0.25, 0.3) is 0 Å². The number of hydrogen-bond acceptors (Lipinski definition) is 5. The molecule has 2 fully saturated rings. The highest BCUT2D eigenvalue weighted by Crippen LogP contribution is 2.44. The van der Waals surface area contributed by atoms with Gasteiger partial charge in [0.15, 0.2) is 5.82 Å². The molecule has 3 heterocycles. The zero-order valence-electron chi connectivity index (χ0n) is 15.4. The minimum Gasteiger partial charge on any atom is -0.341 e. The summed E-state index contributed by atoms with van der Waals surface area (Å²) in [6.07, 6.45) is 4.48. The predicted molar refractivity (Wildman–Crippen MR) is 98.7 cm³/mol. The lowest BCUT2D eigenvalue weighted by atomic mass is 10.00. The van der Waals surface area contributed by atoms with Gasteiger partial charge in [0.1, 0.15) is 11.5 Å². The van der Waals surface area contributed by atoms with E-state index in [1.165, 1.54) is 12.8 Å². The number of alkyl halides is 2. The van der Waals surface area contributed by atoms with E-state index in [1.807, 2.05) is 11.0 Å². The molecule has 6 nitrogen and oxygen atoms in total. The Labute approximate surface area is 156 Å². The molecule has 144 valence electrons. The zero-order valence-corrected chi connectivity index (χ0v) is 15.4. The average molecular weight is 374 g/mol. The summed E-state index contributed by atoms with van der Waals surface area (Å²) in [6, 6.07) is 1.96. The van der Waals surface area contributed by atoms with Crippen molar-refractivity contribution in [3.05, 3.63) is 23.0 Å². The lowest BCUT2D eigenvalue weighted by Gasteiger charge is -2.31. The molecule has 27 heavy (non-hydrogen) atoms. The van der Waals surface area contributed by atoms with E-state index in [0.717, 1.165) is 31.6 Å². The van der Waals surface area contributed by atoms with Gasteiger partial charge in [0.2, 0.25) is 5.95 Å². The number of piperidine rings is 1. The molecule has 1 aliphatic heterocycles. The molecule has 0 aromatic carbocycles. The summed E-state index contributed by atoms with van der Waals surface area (Å²) in [4.78, 5) is 11.0. The predicted octanol–water partition coefficient (Wildman–Crippen LogP) is 4.10. The van der Waals surface area contributed by atoms with E-state index in [2.05, 4.69) is 32.4 Å². The molecule has 2 N–H and O–H groups in total. The van der Waals surface area contributed by atoms with E-state index >= 15 is 0 Å².